The molecule has 3 aromatic carbocycles. The van der Waals surface area contributed by atoms with E-state index in [1.54, 1.807) is 47.4 Å². The first-order valence-corrected chi connectivity index (χ1v) is 14.0. The maximum absolute atomic E-state index is 13.5. The summed E-state index contributed by atoms with van der Waals surface area (Å²) in [6.07, 6.45) is 3.86. The predicted octanol–water partition coefficient (Wildman–Crippen LogP) is 6.61. The molecule has 0 aliphatic heterocycles. The molecule has 4 rings (SSSR count). The summed E-state index contributed by atoms with van der Waals surface area (Å²) < 4.78 is 0. The van der Waals surface area contributed by atoms with Gasteiger partial charge in [0.05, 0.1) is 13.1 Å². The maximum Gasteiger partial charge on any atom is 0.334 e. The van der Waals surface area contributed by atoms with E-state index in [4.69, 9.17) is 28.3 Å². The number of allylic oxidation sites excluding steroid dienone is 2. The fourth-order valence-electron chi connectivity index (χ4n) is 4.61. The van der Waals surface area contributed by atoms with Crippen LogP contribution in [0.25, 0.3) is 5.57 Å². The van der Waals surface area contributed by atoms with Crippen LogP contribution in [0.15, 0.2) is 72.8 Å². The molecule has 0 spiro atoms. The van der Waals surface area contributed by atoms with E-state index in [9.17, 15) is 19.5 Å². The summed E-state index contributed by atoms with van der Waals surface area (Å²) in [5.41, 5.74) is 4.60. The molecule has 10 heteroatoms. The lowest BCUT2D eigenvalue weighted by atomic mass is 9.87. The quantitative estimate of drug-likeness (QED) is 0.222. The molecule has 4 N–H and O–H groups in total. The molecule has 0 heterocycles. The van der Waals surface area contributed by atoms with Crippen molar-refractivity contribution in [1.29, 1.82) is 0 Å². The number of nitrogens with zero attached hydrogens (tertiary/aromatic N) is 1. The summed E-state index contributed by atoms with van der Waals surface area (Å²) in [6, 6.07) is 18.8. The highest BCUT2D eigenvalue weighted by molar-refractivity contribution is 6.35. The fraction of sp³-hybridized carbons (Fsp3) is 0.258. The van der Waals surface area contributed by atoms with Gasteiger partial charge in [-0.2, -0.15) is 0 Å². The largest absolute Gasteiger partial charge is 0.479 e. The number of carboxylic acid groups (broad SMARTS) is 1. The van der Waals surface area contributed by atoms with Gasteiger partial charge >= 0.3 is 12.0 Å². The topological polar surface area (TPSA) is 119 Å². The number of carboxylic acids is 1. The third-order valence-corrected chi connectivity index (χ3v) is 7.26. The molecule has 0 radical (unpaired) electrons. The van der Waals surface area contributed by atoms with Crippen LogP contribution in [-0.2, 0) is 11.3 Å². The Labute approximate surface area is 248 Å². The smallest absolute Gasteiger partial charge is 0.334 e. The number of urea groups is 1. The molecule has 1 aliphatic carbocycles. The molecule has 0 saturated carbocycles. The number of aliphatic hydroxyl groups excluding tert-OH is 1. The molecular formula is C31H31Cl2N3O5. The van der Waals surface area contributed by atoms with E-state index >= 15 is 0 Å². The third-order valence-electron chi connectivity index (χ3n) is 6.83. The van der Waals surface area contributed by atoms with Gasteiger partial charge in [0.2, 0.25) is 0 Å². The molecule has 41 heavy (non-hydrogen) atoms. The number of amides is 3. The Morgan fingerprint density at radius 1 is 1.00 bits per heavy atom. The number of nitrogens with one attached hydrogen (secondary N) is 2. The molecule has 0 aromatic heterocycles. The number of anilines is 2. The first-order valence-electron chi connectivity index (χ1n) is 13.2. The van der Waals surface area contributed by atoms with Crippen LogP contribution in [0.3, 0.4) is 0 Å². The fourth-order valence-corrected chi connectivity index (χ4v) is 5.14. The Hall–Kier alpha value is -3.85. The Morgan fingerprint density at radius 2 is 1.66 bits per heavy atom. The van der Waals surface area contributed by atoms with Gasteiger partial charge in [-0.05, 0) is 84.3 Å². The maximum atomic E-state index is 13.5. The second-order valence-corrected chi connectivity index (χ2v) is 11.0. The highest BCUT2D eigenvalue weighted by Gasteiger charge is 2.20. The van der Waals surface area contributed by atoms with Gasteiger partial charge in [0.1, 0.15) is 0 Å². The van der Waals surface area contributed by atoms with E-state index < -0.39 is 30.6 Å². The standard InChI is InChI=1S/C31H31Cl2N3O5/c1-19-3-2-4-23(13-19)21-9-11-27(12-10-21)36(31(41)35-26-15-24(32)14-25(33)16-26)18-20-5-7-22(8-6-20)29(38)34-17-28(37)30(39)40/h4-12,14-16,19,28,37H,2-3,13,17-18H2,1H3,(H,34,38)(H,35,41)(H,39,40). The molecule has 8 nitrogen and oxygen atoms in total. The van der Waals surface area contributed by atoms with Gasteiger partial charge in [0.15, 0.2) is 6.10 Å². The van der Waals surface area contributed by atoms with Crippen LogP contribution in [0.1, 0.15) is 47.7 Å². The first kappa shape index (κ1) is 30.1. The summed E-state index contributed by atoms with van der Waals surface area (Å²) in [4.78, 5) is 38.2. The molecule has 2 unspecified atom stereocenters. The number of carbonyl (C=O) groups is 3. The first-order chi connectivity index (χ1) is 19.6. The molecule has 2 atom stereocenters. The molecule has 214 valence electrons. The Bertz CT molecular complexity index is 1420. The van der Waals surface area contributed by atoms with Crippen LogP contribution < -0.4 is 15.5 Å². The lowest BCUT2D eigenvalue weighted by Gasteiger charge is -2.25. The minimum absolute atomic E-state index is 0.193. The Morgan fingerprint density at radius 3 is 2.27 bits per heavy atom. The third kappa shape index (κ3) is 8.33. The molecule has 1 aliphatic rings. The van der Waals surface area contributed by atoms with Gasteiger partial charge in [0, 0.05) is 27.0 Å². The van der Waals surface area contributed by atoms with Gasteiger partial charge in [0.25, 0.3) is 5.91 Å². The van der Waals surface area contributed by atoms with Gasteiger partial charge in [-0.1, -0.05) is 60.5 Å². The Balaban J connectivity index is 1.54. The minimum Gasteiger partial charge on any atom is -0.479 e. The molecule has 0 saturated heterocycles. The number of carbonyl (C=O) groups excluding carboxylic acids is 2. The molecule has 3 aromatic rings. The zero-order valence-electron chi connectivity index (χ0n) is 22.4. The normalized spacial score (nSPS) is 15.4. The van der Waals surface area contributed by atoms with Crippen LogP contribution in [0.4, 0.5) is 16.2 Å². The monoisotopic (exact) mass is 595 g/mol. The second kappa shape index (κ2) is 13.7. The number of aliphatic hydroxyl groups is 1. The summed E-state index contributed by atoms with van der Waals surface area (Å²) in [6.45, 7) is 2.03. The number of aliphatic carboxylic acids is 1. The van der Waals surface area contributed by atoms with Crippen molar-refractivity contribution in [2.24, 2.45) is 5.92 Å². The van der Waals surface area contributed by atoms with Gasteiger partial charge in [-0.3, -0.25) is 9.69 Å². The van der Waals surface area contributed by atoms with Crippen LogP contribution >= 0.6 is 23.2 Å². The number of benzene rings is 3. The lowest BCUT2D eigenvalue weighted by molar-refractivity contribution is -0.146. The van der Waals surface area contributed by atoms with Crippen molar-refractivity contribution in [1.82, 2.24) is 5.32 Å². The van der Waals surface area contributed by atoms with Crippen molar-refractivity contribution in [2.45, 2.75) is 38.8 Å². The minimum atomic E-state index is -1.69. The molecule has 0 bridgehead atoms. The molecular weight excluding hydrogens is 565 g/mol. The zero-order valence-corrected chi connectivity index (χ0v) is 24.0. The van der Waals surface area contributed by atoms with E-state index in [1.165, 1.54) is 12.0 Å². The van der Waals surface area contributed by atoms with Crippen molar-refractivity contribution < 1.29 is 24.6 Å². The second-order valence-electron chi connectivity index (χ2n) is 10.1. The van der Waals surface area contributed by atoms with E-state index in [-0.39, 0.29) is 12.1 Å². The number of hydrogen-bond donors (Lipinski definition) is 4. The van der Waals surface area contributed by atoms with E-state index in [0.29, 0.717) is 27.3 Å². The van der Waals surface area contributed by atoms with Gasteiger partial charge < -0.3 is 20.8 Å². The van der Waals surface area contributed by atoms with Crippen LogP contribution in [0.2, 0.25) is 10.0 Å². The van der Waals surface area contributed by atoms with Crippen molar-refractivity contribution in [3.63, 3.8) is 0 Å². The summed E-state index contributed by atoms with van der Waals surface area (Å²) >= 11 is 12.3. The predicted molar refractivity (Wildman–Crippen MR) is 162 cm³/mol. The van der Waals surface area contributed by atoms with Gasteiger partial charge in [-0.15, -0.1) is 0 Å². The van der Waals surface area contributed by atoms with Crippen LogP contribution in [0, 0.1) is 5.92 Å². The van der Waals surface area contributed by atoms with E-state index in [0.717, 1.165) is 24.0 Å². The summed E-state index contributed by atoms with van der Waals surface area (Å²) in [5.74, 6) is -1.31. The van der Waals surface area contributed by atoms with Crippen molar-refractivity contribution in [3.05, 3.63) is 99.5 Å². The highest BCUT2D eigenvalue weighted by Crippen LogP contribution is 2.32. The number of rotatable bonds is 9. The summed E-state index contributed by atoms with van der Waals surface area (Å²) in [5, 5.41) is 24.2. The van der Waals surface area contributed by atoms with Crippen LogP contribution in [-0.4, -0.2) is 40.8 Å². The van der Waals surface area contributed by atoms with Gasteiger partial charge in [-0.25, -0.2) is 9.59 Å². The average molecular weight is 597 g/mol. The van der Waals surface area contributed by atoms with E-state index in [2.05, 4.69) is 23.6 Å². The SMILES string of the molecule is CC1CCC=C(c2ccc(N(Cc3ccc(C(=O)NCC(O)C(=O)O)cc3)C(=O)Nc3cc(Cl)cc(Cl)c3)cc2)C1. The van der Waals surface area contributed by atoms with Crippen molar-refractivity contribution in [3.8, 4) is 0 Å². The lowest BCUT2D eigenvalue weighted by Crippen LogP contribution is -2.36. The number of hydrogen-bond acceptors (Lipinski definition) is 4. The summed E-state index contributed by atoms with van der Waals surface area (Å²) in [7, 11) is 0. The van der Waals surface area contributed by atoms with E-state index in [1.807, 2.05) is 24.3 Å². The van der Waals surface area contributed by atoms with Crippen molar-refractivity contribution in [2.75, 3.05) is 16.8 Å². The highest BCUT2D eigenvalue weighted by atomic mass is 35.5. The van der Waals surface area contributed by atoms with Crippen LogP contribution in [0.5, 0.6) is 0 Å². The molecule has 0 fully saturated rings. The average Bonchev–Trinajstić information content (AvgIpc) is 2.94. The Kier molecular flexibility index (Phi) is 10.0. The molecule has 3 amide bonds. The zero-order chi connectivity index (χ0) is 29.5. The van der Waals surface area contributed by atoms with Crippen molar-refractivity contribution >= 4 is 58.1 Å². The number of halogens is 2.